The first kappa shape index (κ1) is 19.9. The van der Waals surface area contributed by atoms with Gasteiger partial charge in [-0.3, -0.25) is 9.78 Å². The lowest BCUT2D eigenvalue weighted by Gasteiger charge is -2.20. The third-order valence-corrected chi connectivity index (χ3v) is 4.78. The molecular formula is C21H15ClF3N4O+. The van der Waals surface area contributed by atoms with E-state index in [1.807, 2.05) is 0 Å². The van der Waals surface area contributed by atoms with E-state index in [9.17, 15) is 18.0 Å². The molecule has 0 saturated heterocycles. The molecule has 30 heavy (non-hydrogen) atoms. The van der Waals surface area contributed by atoms with Crippen LogP contribution in [0, 0.1) is 0 Å². The highest BCUT2D eigenvalue weighted by atomic mass is 35.5. The van der Waals surface area contributed by atoms with Crippen molar-refractivity contribution in [2.75, 3.05) is 0 Å². The summed E-state index contributed by atoms with van der Waals surface area (Å²) in [5, 5.41) is 2.57. The Morgan fingerprint density at radius 2 is 1.97 bits per heavy atom. The summed E-state index contributed by atoms with van der Waals surface area (Å²) in [6, 6.07) is 12.6. The Kier molecular flexibility index (Phi) is 5.17. The van der Waals surface area contributed by atoms with Crippen LogP contribution in [-0.4, -0.2) is 22.1 Å². The van der Waals surface area contributed by atoms with E-state index in [1.165, 1.54) is 22.7 Å². The van der Waals surface area contributed by atoms with Gasteiger partial charge < -0.3 is 5.32 Å². The molecule has 5 nitrogen and oxygen atoms in total. The summed E-state index contributed by atoms with van der Waals surface area (Å²) in [5.74, 6) is -0.950. The SMILES string of the molecule is O=C(NC(c1cccnc1)C(F)(F)F)c1[nH]c(-c2cccc(Cl)c2)c2cccc[n+]12. The van der Waals surface area contributed by atoms with Crippen molar-refractivity contribution in [1.29, 1.82) is 0 Å². The van der Waals surface area contributed by atoms with Crippen LogP contribution >= 0.6 is 11.6 Å². The van der Waals surface area contributed by atoms with Crippen LogP contribution in [0.15, 0.2) is 73.2 Å². The van der Waals surface area contributed by atoms with Crippen LogP contribution in [-0.2, 0) is 0 Å². The zero-order valence-electron chi connectivity index (χ0n) is 15.3. The largest absolute Gasteiger partial charge is 0.412 e. The summed E-state index contributed by atoms with van der Waals surface area (Å²) in [4.78, 5) is 19.6. The fourth-order valence-corrected chi connectivity index (χ4v) is 3.41. The number of carbonyl (C=O) groups excluding carboxylic acids is 1. The Bertz CT molecular complexity index is 1210. The fraction of sp³-hybridized carbons (Fsp3) is 0.0952. The maximum absolute atomic E-state index is 13.6. The van der Waals surface area contributed by atoms with Crippen molar-refractivity contribution < 1.29 is 22.4 Å². The normalized spacial score (nSPS) is 12.7. The van der Waals surface area contributed by atoms with Gasteiger partial charge in [0, 0.05) is 28.5 Å². The topological polar surface area (TPSA) is 61.9 Å². The molecule has 0 radical (unpaired) electrons. The van der Waals surface area contributed by atoms with Gasteiger partial charge in [-0.05, 0) is 30.3 Å². The Balaban J connectivity index is 1.77. The van der Waals surface area contributed by atoms with Gasteiger partial charge in [-0.2, -0.15) is 17.6 Å². The number of hydrogen-bond acceptors (Lipinski definition) is 2. The van der Waals surface area contributed by atoms with Crippen LogP contribution in [0.2, 0.25) is 5.02 Å². The molecule has 152 valence electrons. The van der Waals surface area contributed by atoms with E-state index in [0.29, 0.717) is 21.8 Å². The second-order valence-corrected chi connectivity index (χ2v) is 6.99. The molecule has 1 aromatic carbocycles. The van der Waals surface area contributed by atoms with Gasteiger partial charge >= 0.3 is 17.9 Å². The summed E-state index contributed by atoms with van der Waals surface area (Å²) in [6.07, 6.45) is -0.650. The second kappa shape index (κ2) is 7.79. The molecule has 1 unspecified atom stereocenters. The van der Waals surface area contributed by atoms with Gasteiger partial charge in [-0.15, -0.1) is 0 Å². The molecule has 0 bridgehead atoms. The maximum Gasteiger partial charge on any atom is 0.412 e. The van der Waals surface area contributed by atoms with Crippen LogP contribution in [0.5, 0.6) is 0 Å². The summed E-state index contributed by atoms with van der Waals surface area (Å²) >= 11 is 6.07. The number of benzene rings is 1. The molecular weight excluding hydrogens is 417 g/mol. The Morgan fingerprint density at radius 1 is 1.13 bits per heavy atom. The summed E-state index contributed by atoms with van der Waals surface area (Å²) in [6.45, 7) is 0. The quantitative estimate of drug-likeness (QED) is 0.467. The molecule has 0 saturated carbocycles. The predicted molar refractivity (Wildman–Crippen MR) is 105 cm³/mol. The zero-order chi connectivity index (χ0) is 21.3. The minimum atomic E-state index is -4.69. The van der Waals surface area contributed by atoms with Crippen LogP contribution in [0.1, 0.15) is 22.2 Å². The van der Waals surface area contributed by atoms with Gasteiger partial charge in [0.2, 0.25) is 0 Å². The van der Waals surface area contributed by atoms with Crippen LogP contribution in [0.3, 0.4) is 0 Å². The number of nitrogens with zero attached hydrogens (tertiary/aromatic N) is 2. The van der Waals surface area contributed by atoms with Crippen molar-refractivity contribution in [3.8, 4) is 11.3 Å². The van der Waals surface area contributed by atoms with Gasteiger partial charge in [0.05, 0.1) is 6.20 Å². The van der Waals surface area contributed by atoms with E-state index in [4.69, 9.17) is 11.6 Å². The number of nitrogens with one attached hydrogen (secondary N) is 2. The number of halogens is 4. The number of fused-ring (bicyclic) bond motifs is 1. The molecule has 9 heteroatoms. The highest BCUT2D eigenvalue weighted by Crippen LogP contribution is 2.32. The molecule has 3 heterocycles. The van der Waals surface area contributed by atoms with Crippen molar-refractivity contribution >= 4 is 23.0 Å². The molecule has 0 fully saturated rings. The molecule has 3 aromatic heterocycles. The van der Waals surface area contributed by atoms with Crippen LogP contribution in [0.4, 0.5) is 13.2 Å². The smallest absolute Gasteiger partial charge is 0.330 e. The first-order chi connectivity index (χ1) is 14.3. The lowest BCUT2D eigenvalue weighted by molar-refractivity contribution is -0.514. The van der Waals surface area contributed by atoms with E-state index in [2.05, 4.69) is 15.3 Å². The highest BCUT2D eigenvalue weighted by molar-refractivity contribution is 6.30. The number of aromatic nitrogens is 3. The molecule has 1 atom stereocenters. The van der Waals surface area contributed by atoms with E-state index < -0.39 is 18.1 Å². The Labute approximate surface area is 174 Å². The van der Waals surface area contributed by atoms with Gasteiger partial charge in [-0.25, -0.2) is 4.98 Å². The molecule has 4 aromatic rings. The van der Waals surface area contributed by atoms with Crippen LogP contribution < -0.4 is 9.72 Å². The van der Waals surface area contributed by atoms with Crippen LogP contribution in [0.25, 0.3) is 16.8 Å². The summed E-state index contributed by atoms with van der Waals surface area (Å²) < 4.78 is 42.4. The van der Waals surface area contributed by atoms with Crippen molar-refractivity contribution in [1.82, 2.24) is 15.3 Å². The van der Waals surface area contributed by atoms with E-state index in [-0.39, 0.29) is 11.4 Å². The number of imidazole rings is 1. The average Bonchev–Trinajstić information content (AvgIpc) is 3.11. The van der Waals surface area contributed by atoms with Gasteiger partial charge in [0.1, 0.15) is 0 Å². The lowest BCUT2D eigenvalue weighted by atomic mass is 10.1. The van der Waals surface area contributed by atoms with Crippen molar-refractivity contribution in [2.24, 2.45) is 0 Å². The standard InChI is InChI=1S/C21H14ClF3N4O/c22-15-7-3-5-13(11-15)17-16-8-1-2-10-29(16)19(27-17)20(30)28-18(21(23,24)25)14-6-4-9-26-12-14/h1-12,18H,(H,28,30)/p+1. The van der Waals surface area contributed by atoms with Crippen molar-refractivity contribution in [3.05, 3.63) is 89.6 Å². The third kappa shape index (κ3) is 3.86. The molecule has 4 rings (SSSR count). The molecule has 0 aliphatic rings. The Hall–Kier alpha value is -3.39. The van der Waals surface area contributed by atoms with E-state index >= 15 is 0 Å². The minimum Gasteiger partial charge on any atom is -0.330 e. The molecule has 2 N–H and O–H groups in total. The highest BCUT2D eigenvalue weighted by Gasteiger charge is 2.43. The number of amides is 1. The zero-order valence-corrected chi connectivity index (χ0v) is 16.1. The molecule has 0 aliphatic heterocycles. The first-order valence-corrected chi connectivity index (χ1v) is 9.28. The van der Waals surface area contributed by atoms with Gasteiger partial charge in [0.15, 0.2) is 17.3 Å². The molecule has 0 spiro atoms. The minimum absolute atomic E-state index is 0.0429. The van der Waals surface area contributed by atoms with E-state index in [0.717, 1.165) is 6.20 Å². The maximum atomic E-state index is 13.6. The summed E-state index contributed by atoms with van der Waals surface area (Å²) in [7, 11) is 0. The third-order valence-electron chi connectivity index (χ3n) is 4.55. The summed E-state index contributed by atoms with van der Waals surface area (Å²) in [5.41, 5.74) is 1.72. The van der Waals surface area contributed by atoms with Gasteiger partial charge in [-0.1, -0.05) is 35.9 Å². The lowest BCUT2D eigenvalue weighted by Crippen LogP contribution is -2.42. The number of carbonyl (C=O) groups is 1. The van der Waals surface area contributed by atoms with Gasteiger partial charge in [0.25, 0.3) is 0 Å². The van der Waals surface area contributed by atoms with Crippen molar-refractivity contribution in [3.63, 3.8) is 0 Å². The fourth-order valence-electron chi connectivity index (χ4n) is 3.22. The number of alkyl halides is 3. The predicted octanol–water partition coefficient (Wildman–Crippen LogP) is 4.50. The molecule has 0 aliphatic carbocycles. The first-order valence-electron chi connectivity index (χ1n) is 8.90. The number of H-pyrrole nitrogens is 1. The Morgan fingerprint density at radius 3 is 2.67 bits per heavy atom. The van der Waals surface area contributed by atoms with E-state index in [1.54, 1.807) is 48.7 Å². The monoisotopic (exact) mass is 431 g/mol. The number of rotatable bonds is 4. The number of hydrogen-bond donors (Lipinski definition) is 2. The second-order valence-electron chi connectivity index (χ2n) is 6.55. The number of aromatic amines is 1. The molecule has 1 amide bonds. The van der Waals surface area contributed by atoms with Crippen molar-refractivity contribution in [2.45, 2.75) is 12.2 Å². The number of pyridine rings is 2. The average molecular weight is 432 g/mol.